The van der Waals surface area contributed by atoms with Crippen molar-refractivity contribution in [3.63, 3.8) is 0 Å². The van der Waals surface area contributed by atoms with E-state index in [1.807, 2.05) is 39.1 Å². The predicted octanol–water partition coefficient (Wildman–Crippen LogP) is 3.37. The molecule has 1 fully saturated rings. The van der Waals surface area contributed by atoms with E-state index < -0.39 is 5.60 Å². The molecule has 1 atom stereocenters. The maximum Gasteiger partial charge on any atom is 0.410 e. The van der Waals surface area contributed by atoms with Gasteiger partial charge in [0, 0.05) is 30.2 Å². The average Bonchev–Trinajstić information content (AvgIpc) is 2.93. The first-order valence-electron chi connectivity index (χ1n) is 8.08. The maximum absolute atomic E-state index is 12.2. The topological polar surface area (TPSA) is 70.2 Å². The molecular formula is C17H24N4O2. The molecule has 1 amide bonds. The minimum atomic E-state index is -0.455. The Bertz CT molecular complexity index is 689. The number of piperidine rings is 1. The van der Waals surface area contributed by atoms with Gasteiger partial charge in [0.05, 0.1) is 11.7 Å². The largest absolute Gasteiger partial charge is 0.444 e. The minimum Gasteiger partial charge on any atom is -0.444 e. The molecule has 2 N–H and O–H groups in total. The zero-order chi connectivity index (χ0) is 16.4. The fraction of sp³-hybridized carbons (Fsp3) is 0.529. The van der Waals surface area contributed by atoms with Crippen molar-refractivity contribution >= 4 is 22.7 Å². The monoisotopic (exact) mass is 316 g/mol. The number of anilines is 1. The van der Waals surface area contributed by atoms with Crippen LogP contribution >= 0.6 is 0 Å². The van der Waals surface area contributed by atoms with Crippen molar-refractivity contribution in [3.8, 4) is 0 Å². The third-order valence-electron chi connectivity index (χ3n) is 3.88. The summed E-state index contributed by atoms with van der Waals surface area (Å²) in [5.41, 5.74) is 1.62. The summed E-state index contributed by atoms with van der Waals surface area (Å²) in [5, 5.41) is 11.6. The molecule has 23 heavy (non-hydrogen) atoms. The van der Waals surface area contributed by atoms with E-state index in [1.165, 1.54) is 0 Å². The Morgan fingerprint density at radius 1 is 1.43 bits per heavy atom. The van der Waals surface area contributed by atoms with Crippen molar-refractivity contribution in [3.05, 3.63) is 24.4 Å². The minimum absolute atomic E-state index is 0.228. The Hall–Kier alpha value is -2.24. The van der Waals surface area contributed by atoms with Gasteiger partial charge in [-0.1, -0.05) is 0 Å². The molecule has 1 aromatic heterocycles. The van der Waals surface area contributed by atoms with Crippen LogP contribution in [0.3, 0.4) is 0 Å². The van der Waals surface area contributed by atoms with Crippen molar-refractivity contribution in [2.45, 2.75) is 45.3 Å². The summed E-state index contributed by atoms with van der Waals surface area (Å²) in [6.07, 6.45) is 3.61. The van der Waals surface area contributed by atoms with Gasteiger partial charge in [-0.25, -0.2) is 4.79 Å². The van der Waals surface area contributed by atoms with Crippen LogP contribution in [0.25, 0.3) is 10.9 Å². The fourth-order valence-electron chi connectivity index (χ4n) is 2.86. The van der Waals surface area contributed by atoms with Crippen LogP contribution < -0.4 is 5.32 Å². The van der Waals surface area contributed by atoms with Crippen LogP contribution in [0.4, 0.5) is 10.5 Å². The molecule has 6 heteroatoms. The van der Waals surface area contributed by atoms with Crippen LogP contribution in [0.1, 0.15) is 33.6 Å². The lowest BCUT2D eigenvalue weighted by Gasteiger charge is -2.34. The number of ether oxygens (including phenoxy) is 1. The highest BCUT2D eigenvalue weighted by Crippen LogP contribution is 2.21. The molecule has 0 saturated carbocycles. The second kappa shape index (κ2) is 6.10. The lowest BCUT2D eigenvalue weighted by atomic mass is 10.1. The highest BCUT2D eigenvalue weighted by molar-refractivity contribution is 5.81. The fourth-order valence-corrected chi connectivity index (χ4v) is 2.86. The molecule has 2 aromatic rings. The highest BCUT2D eigenvalue weighted by atomic mass is 16.6. The Morgan fingerprint density at radius 2 is 2.26 bits per heavy atom. The van der Waals surface area contributed by atoms with Gasteiger partial charge in [0.1, 0.15) is 5.60 Å². The van der Waals surface area contributed by atoms with Crippen LogP contribution in [-0.4, -0.2) is 45.9 Å². The molecule has 1 aliphatic rings. The number of carbonyl (C=O) groups excluding carboxylic acids is 1. The smallest absolute Gasteiger partial charge is 0.410 e. The third kappa shape index (κ3) is 3.94. The van der Waals surface area contributed by atoms with Gasteiger partial charge in [-0.05, 0) is 51.8 Å². The van der Waals surface area contributed by atoms with E-state index in [9.17, 15) is 4.79 Å². The quantitative estimate of drug-likeness (QED) is 0.891. The van der Waals surface area contributed by atoms with Gasteiger partial charge >= 0.3 is 6.09 Å². The maximum atomic E-state index is 12.2. The summed E-state index contributed by atoms with van der Waals surface area (Å²) >= 11 is 0. The Kier molecular flexibility index (Phi) is 4.15. The number of nitrogens with one attached hydrogen (secondary N) is 2. The predicted molar refractivity (Wildman–Crippen MR) is 90.5 cm³/mol. The summed E-state index contributed by atoms with van der Waals surface area (Å²) in [6.45, 7) is 7.10. The molecule has 1 aliphatic heterocycles. The van der Waals surface area contributed by atoms with E-state index in [2.05, 4.69) is 21.6 Å². The van der Waals surface area contributed by atoms with Crippen LogP contribution in [0.15, 0.2) is 24.4 Å². The van der Waals surface area contributed by atoms with Crippen molar-refractivity contribution in [1.29, 1.82) is 0 Å². The number of hydrogen-bond donors (Lipinski definition) is 2. The van der Waals surface area contributed by atoms with E-state index in [1.54, 1.807) is 4.90 Å². The molecule has 1 saturated heterocycles. The molecule has 2 heterocycles. The Morgan fingerprint density at radius 3 is 3.04 bits per heavy atom. The van der Waals surface area contributed by atoms with Crippen molar-refractivity contribution < 1.29 is 9.53 Å². The van der Waals surface area contributed by atoms with E-state index in [4.69, 9.17) is 4.74 Å². The van der Waals surface area contributed by atoms with Gasteiger partial charge in [0.2, 0.25) is 0 Å². The molecule has 0 spiro atoms. The van der Waals surface area contributed by atoms with Gasteiger partial charge < -0.3 is 15.0 Å². The van der Waals surface area contributed by atoms with Crippen LogP contribution in [0.5, 0.6) is 0 Å². The van der Waals surface area contributed by atoms with Gasteiger partial charge in [0.15, 0.2) is 0 Å². The lowest BCUT2D eigenvalue weighted by molar-refractivity contribution is 0.0206. The Labute approximate surface area is 136 Å². The molecule has 6 nitrogen and oxygen atoms in total. The first-order chi connectivity index (χ1) is 10.9. The molecule has 3 rings (SSSR count). The zero-order valence-electron chi connectivity index (χ0n) is 13.9. The highest BCUT2D eigenvalue weighted by Gasteiger charge is 2.27. The molecule has 0 aliphatic carbocycles. The number of rotatable bonds is 2. The molecule has 124 valence electrons. The molecule has 1 aromatic carbocycles. The van der Waals surface area contributed by atoms with Gasteiger partial charge in [-0.15, -0.1) is 0 Å². The number of benzene rings is 1. The molecule has 0 bridgehead atoms. The summed E-state index contributed by atoms with van der Waals surface area (Å²) < 4.78 is 5.47. The van der Waals surface area contributed by atoms with Gasteiger partial charge in [-0.3, -0.25) is 5.10 Å². The van der Waals surface area contributed by atoms with E-state index in [-0.39, 0.29) is 12.1 Å². The van der Waals surface area contributed by atoms with Crippen molar-refractivity contribution in [1.82, 2.24) is 15.1 Å². The lowest BCUT2D eigenvalue weighted by Crippen LogP contribution is -2.46. The second-order valence-electron chi connectivity index (χ2n) is 7.08. The number of amides is 1. The number of H-pyrrole nitrogens is 1. The van der Waals surface area contributed by atoms with Gasteiger partial charge in [0.25, 0.3) is 0 Å². The van der Waals surface area contributed by atoms with E-state index >= 15 is 0 Å². The zero-order valence-corrected chi connectivity index (χ0v) is 13.9. The number of aromatic nitrogens is 2. The average molecular weight is 316 g/mol. The second-order valence-corrected chi connectivity index (χ2v) is 7.08. The Balaban J connectivity index is 1.63. The van der Waals surface area contributed by atoms with Crippen LogP contribution in [-0.2, 0) is 4.74 Å². The van der Waals surface area contributed by atoms with Gasteiger partial charge in [-0.2, -0.15) is 5.10 Å². The first kappa shape index (κ1) is 15.6. The summed E-state index contributed by atoms with van der Waals surface area (Å²) in [4.78, 5) is 14.0. The van der Waals surface area contributed by atoms with Crippen molar-refractivity contribution in [2.75, 3.05) is 18.4 Å². The SMILES string of the molecule is CC(C)(C)OC(=O)N1CCCC(Nc2ccc3[nH]ncc3c2)C1. The van der Waals surface area contributed by atoms with E-state index in [0.29, 0.717) is 6.54 Å². The number of fused-ring (bicyclic) bond motifs is 1. The molecule has 0 radical (unpaired) electrons. The first-order valence-corrected chi connectivity index (χ1v) is 8.08. The molecule has 1 unspecified atom stereocenters. The number of aromatic amines is 1. The number of likely N-dealkylation sites (tertiary alicyclic amines) is 1. The van der Waals surface area contributed by atoms with Crippen molar-refractivity contribution in [2.24, 2.45) is 0 Å². The van der Waals surface area contributed by atoms with Crippen LogP contribution in [0.2, 0.25) is 0 Å². The number of hydrogen-bond acceptors (Lipinski definition) is 4. The normalized spacial score (nSPS) is 18.9. The number of nitrogens with zero attached hydrogens (tertiary/aromatic N) is 2. The summed E-state index contributed by atoms with van der Waals surface area (Å²) in [6, 6.07) is 6.36. The van der Waals surface area contributed by atoms with E-state index in [0.717, 1.165) is 36.0 Å². The summed E-state index contributed by atoms with van der Waals surface area (Å²) in [5.74, 6) is 0. The third-order valence-corrected chi connectivity index (χ3v) is 3.88. The standard InChI is InChI=1S/C17H24N4O2/c1-17(2,3)23-16(22)21-8-4-5-14(11-21)19-13-6-7-15-12(9-13)10-18-20-15/h6-7,9-10,14,19H,4-5,8,11H2,1-3H3,(H,18,20). The van der Waals surface area contributed by atoms with Crippen LogP contribution in [0, 0.1) is 0 Å². The summed E-state index contributed by atoms with van der Waals surface area (Å²) in [7, 11) is 0. The molecular weight excluding hydrogens is 292 g/mol. The number of carbonyl (C=O) groups is 1.